The first-order chi connectivity index (χ1) is 7.31. The van der Waals surface area contributed by atoms with Gasteiger partial charge < -0.3 is 4.74 Å². The number of halogens is 1. The number of thiophene rings is 1. The number of likely N-dealkylation sites (tertiary alicyclic amines) is 1. The largest absolute Gasteiger partial charge is 0.372 e. The first kappa shape index (κ1) is 10.3. The number of fused-ring (bicyclic) bond motifs is 2. The summed E-state index contributed by atoms with van der Waals surface area (Å²) in [6.45, 7) is 3.30. The second-order valence-electron chi connectivity index (χ2n) is 4.34. The quantitative estimate of drug-likeness (QED) is 0.829. The number of hydrogen-bond donors (Lipinski definition) is 0. The Kier molecular flexibility index (Phi) is 2.85. The second-order valence-corrected chi connectivity index (χ2v) is 6.20. The molecule has 2 aliphatic rings. The molecule has 2 bridgehead atoms. The Labute approximate surface area is 102 Å². The van der Waals surface area contributed by atoms with Gasteiger partial charge in [0.1, 0.15) is 0 Å². The lowest BCUT2D eigenvalue weighted by Gasteiger charge is -2.31. The monoisotopic (exact) mass is 287 g/mol. The van der Waals surface area contributed by atoms with Crippen molar-refractivity contribution in [1.29, 1.82) is 0 Å². The lowest BCUT2D eigenvalue weighted by molar-refractivity contribution is -0.0408. The summed E-state index contributed by atoms with van der Waals surface area (Å²) >= 11 is 5.43. The number of rotatable bonds is 2. The van der Waals surface area contributed by atoms with Crippen molar-refractivity contribution in [3.05, 3.63) is 20.8 Å². The van der Waals surface area contributed by atoms with E-state index in [1.807, 2.05) is 11.3 Å². The smallest absolute Gasteiger partial charge is 0.0707 e. The van der Waals surface area contributed by atoms with Gasteiger partial charge in [0.25, 0.3) is 0 Å². The molecule has 15 heavy (non-hydrogen) atoms. The molecule has 0 amide bonds. The highest BCUT2D eigenvalue weighted by Gasteiger charge is 2.33. The zero-order valence-corrected chi connectivity index (χ0v) is 10.9. The average Bonchev–Trinajstić information content (AvgIpc) is 2.75. The fraction of sp³-hybridized carbons (Fsp3) is 0.636. The van der Waals surface area contributed by atoms with Crippen LogP contribution in [0.15, 0.2) is 15.9 Å². The van der Waals surface area contributed by atoms with E-state index in [-0.39, 0.29) is 0 Å². The minimum absolute atomic E-state index is 0.502. The van der Waals surface area contributed by atoms with Crippen molar-refractivity contribution in [1.82, 2.24) is 4.90 Å². The predicted molar refractivity (Wildman–Crippen MR) is 65.2 cm³/mol. The molecule has 2 nitrogen and oxygen atoms in total. The molecular formula is C11H14BrNOS. The van der Waals surface area contributed by atoms with Gasteiger partial charge in [-0.05, 0) is 40.2 Å². The minimum atomic E-state index is 0.502. The van der Waals surface area contributed by atoms with Crippen LogP contribution in [-0.4, -0.2) is 30.2 Å². The Hall–Kier alpha value is 0.1000. The molecule has 0 N–H and O–H groups in total. The normalized spacial score (nSPS) is 31.0. The van der Waals surface area contributed by atoms with E-state index in [1.165, 1.54) is 22.2 Å². The van der Waals surface area contributed by atoms with E-state index in [1.54, 1.807) is 0 Å². The molecule has 3 rings (SSSR count). The molecule has 0 aliphatic carbocycles. The van der Waals surface area contributed by atoms with Crippen LogP contribution >= 0.6 is 27.3 Å². The third kappa shape index (κ3) is 2.13. The van der Waals surface area contributed by atoms with Crippen molar-refractivity contribution < 1.29 is 4.74 Å². The van der Waals surface area contributed by atoms with Gasteiger partial charge in [0.2, 0.25) is 0 Å². The maximum Gasteiger partial charge on any atom is 0.0707 e. The highest BCUT2D eigenvalue weighted by Crippen LogP contribution is 2.29. The first-order valence-corrected chi connectivity index (χ1v) is 7.08. The summed E-state index contributed by atoms with van der Waals surface area (Å²) in [4.78, 5) is 3.97. The van der Waals surface area contributed by atoms with Crippen LogP contribution in [0.25, 0.3) is 0 Å². The summed E-state index contributed by atoms with van der Waals surface area (Å²) < 4.78 is 7.08. The van der Waals surface area contributed by atoms with Gasteiger partial charge in [0.05, 0.1) is 12.2 Å². The summed E-state index contributed by atoms with van der Waals surface area (Å²) in [6, 6.07) is 2.13. The SMILES string of the molecule is Brc1ccsc1CN1CC2CCC(C1)O2. The van der Waals surface area contributed by atoms with Crippen molar-refractivity contribution >= 4 is 27.3 Å². The summed E-state index contributed by atoms with van der Waals surface area (Å²) in [7, 11) is 0. The molecule has 0 spiro atoms. The van der Waals surface area contributed by atoms with Crippen LogP contribution in [0.1, 0.15) is 17.7 Å². The first-order valence-electron chi connectivity index (χ1n) is 5.41. The minimum Gasteiger partial charge on any atom is -0.372 e. The highest BCUT2D eigenvalue weighted by atomic mass is 79.9. The fourth-order valence-electron chi connectivity index (χ4n) is 2.47. The van der Waals surface area contributed by atoms with Crippen molar-refractivity contribution in [3.63, 3.8) is 0 Å². The van der Waals surface area contributed by atoms with Crippen LogP contribution in [-0.2, 0) is 11.3 Å². The molecule has 4 heteroatoms. The van der Waals surface area contributed by atoms with E-state index in [2.05, 4.69) is 32.3 Å². The van der Waals surface area contributed by atoms with Crippen LogP contribution in [0.5, 0.6) is 0 Å². The molecule has 3 heterocycles. The topological polar surface area (TPSA) is 12.5 Å². The highest BCUT2D eigenvalue weighted by molar-refractivity contribution is 9.10. The molecule has 1 aromatic heterocycles. The number of nitrogens with zero attached hydrogens (tertiary/aromatic N) is 1. The third-order valence-electron chi connectivity index (χ3n) is 3.18. The van der Waals surface area contributed by atoms with Crippen LogP contribution in [0.2, 0.25) is 0 Å². The van der Waals surface area contributed by atoms with E-state index in [4.69, 9.17) is 4.74 Å². The lowest BCUT2D eigenvalue weighted by atomic mass is 10.2. The molecule has 0 saturated carbocycles. The Balaban J connectivity index is 1.67. The van der Waals surface area contributed by atoms with Gasteiger partial charge >= 0.3 is 0 Å². The maximum atomic E-state index is 5.83. The van der Waals surface area contributed by atoms with Crippen LogP contribution in [0, 0.1) is 0 Å². The van der Waals surface area contributed by atoms with Gasteiger partial charge in [0, 0.05) is 29.0 Å². The second kappa shape index (κ2) is 4.17. The van der Waals surface area contributed by atoms with Crippen LogP contribution in [0.4, 0.5) is 0 Å². The van der Waals surface area contributed by atoms with Crippen molar-refractivity contribution in [3.8, 4) is 0 Å². The number of ether oxygens (including phenoxy) is 1. The average molecular weight is 288 g/mol. The molecule has 2 unspecified atom stereocenters. The van der Waals surface area contributed by atoms with E-state index < -0.39 is 0 Å². The predicted octanol–water partition coefficient (Wildman–Crippen LogP) is 2.87. The van der Waals surface area contributed by atoms with Gasteiger partial charge in [0.15, 0.2) is 0 Å². The standard InChI is InChI=1S/C11H14BrNOS/c12-10-3-4-15-11(10)7-13-5-8-1-2-9(6-13)14-8/h3-4,8-9H,1-2,5-7H2. The Bertz CT molecular complexity index is 342. The zero-order chi connectivity index (χ0) is 10.3. The van der Waals surface area contributed by atoms with E-state index in [0.717, 1.165) is 19.6 Å². The van der Waals surface area contributed by atoms with Crippen molar-refractivity contribution in [2.75, 3.05) is 13.1 Å². The van der Waals surface area contributed by atoms with Gasteiger partial charge in [-0.1, -0.05) is 0 Å². The molecule has 0 aromatic carbocycles. The van der Waals surface area contributed by atoms with Gasteiger partial charge in [-0.2, -0.15) is 0 Å². The van der Waals surface area contributed by atoms with Crippen LogP contribution in [0.3, 0.4) is 0 Å². The summed E-state index contributed by atoms with van der Waals surface area (Å²) in [5, 5.41) is 2.15. The summed E-state index contributed by atoms with van der Waals surface area (Å²) in [5.74, 6) is 0. The molecule has 2 atom stereocenters. The van der Waals surface area contributed by atoms with E-state index in [9.17, 15) is 0 Å². The summed E-state index contributed by atoms with van der Waals surface area (Å²) in [5.41, 5.74) is 0. The molecule has 1 aromatic rings. The molecule has 2 fully saturated rings. The molecule has 2 aliphatic heterocycles. The number of hydrogen-bond acceptors (Lipinski definition) is 3. The van der Waals surface area contributed by atoms with E-state index in [0.29, 0.717) is 12.2 Å². The Morgan fingerprint density at radius 2 is 2.13 bits per heavy atom. The van der Waals surface area contributed by atoms with Gasteiger partial charge in [-0.25, -0.2) is 0 Å². The molecule has 2 saturated heterocycles. The zero-order valence-electron chi connectivity index (χ0n) is 8.49. The Morgan fingerprint density at radius 3 is 2.73 bits per heavy atom. The van der Waals surface area contributed by atoms with E-state index >= 15 is 0 Å². The van der Waals surface area contributed by atoms with Crippen LogP contribution < -0.4 is 0 Å². The van der Waals surface area contributed by atoms with Crippen molar-refractivity contribution in [2.45, 2.75) is 31.6 Å². The molecular weight excluding hydrogens is 274 g/mol. The van der Waals surface area contributed by atoms with Crippen molar-refractivity contribution in [2.24, 2.45) is 0 Å². The maximum absolute atomic E-state index is 5.83. The Morgan fingerprint density at radius 1 is 1.40 bits per heavy atom. The van der Waals surface area contributed by atoms with Gasteiger partial charge in [-0.15, -0.1) is 11.3 Å². The molecule has 82 valence electrons. The third-order valence-corrected chi connectivity index (χ3v) is 5.09. The fourth-order valence-corrected chi connectivity index (χ4v) is 3.99. The molecule has 0 radical (unpaired) electrons. The number of morpholine rings is 1. The van der Waals surface area contributed by atoms with Gasteiger partial charge in [-0.3, -0.25) is 4.90 Å². The summed E-state index contributed by atoms with van der Waals surface area (Å²) in [6.07, 6.45) is 3.52. The lowest BCUT2D eigenvalue weighted by Crippen LogP contribution is -2.41.